The van der Waals surface area contributed by atoms with Crippen molar-refractivity contribution < 1.29 is 17.8 Å². The van der Waals surface area contributed by atoms with Gasteiger partial charge in [0.05, 0.1) is 34.2 Å². The van der Waals surface area contributed by atoms with E-state index in [0.717, 1.165) is 28.8 Å². The topological polar surface area (TPSA) is 114 Å². The van der Waals surface area contributed by atoms with Crippen LogP contribution in [0, 0.1) is 6.92 Å². The molecule has 3 heterocycles. The lowest BCUT2D eigenvalue weighted by Crippen LogP contribution is -2.14. The third-order valence-corrected chi connectivity index (χ3v) is 7.25. The number of anilines is 1. The van der Waals surface area contributed by atoms with Crippen molar-refractivity contribution in [3.8, 4) is 0 Å². The number of hydrogen-bond acceptors (Lipinski definition) is 6. The van der Waals surface area contributed by atoms with E-state index in [4.69, 9.17) is 9.65 Å². The summed E-state index contributed by atoms with van der Waals surface area (Å²) in [6.07, 6.45) is 7.57. The largest absolute Gasteiger partial charge is 0.320 e. The van der Waals surface area contributed by atoms with Crippen molar-refractivity contribution in [2.24, 2.45) is 0 Å². The first-order chi connectivity index (χ1) is 14.3. The molecule has 8 nitrogen and oxygen atoms in total. The van der Waals surface area contributed by atoms with Crippen LogP contribution in [-0.4, -0.2) is 39.4 Å². The van der Waals surface area contributed by atoms with Crippen LogP contribution in [0.25, 0.3) is 10.2 Å². The summed E-state index contributed by atoms with van der Waals surface area (Å²) in [4.78, 5) is 18.6. The normalized spacial score (nSPS) is 15.5. The summed E-state index contributed by atoms with van der Waals surface area (Å²) < 4.78 is 32.6. The number of hydrogen-bond donors (Lipinski definition) is 2. The average molecular weight is 449 g/mol. The molecule has 0 unspecified atom stereocenters. The van der Waals surface area contributed by atoms with E-state index in [0.29, 0.717) is 22.3 Å². The molecule has 1 saturated carbocycles. The molecule has 2 N–H and O–H groups in total. The summed E-state index contributed by atoms with van der Waals surface area (Å²) >= 11 is 1.45. The first-order valence-corrected chi connectivity index (χ1v) is 12.4. The van der Waals surface area contributed by atoms with Gasteiger partial charge in [-0.05, 0) is 38.0 Å². The van der Waals surface area contributed by atoms with Gasteiger partial charge in [-0.1, -0.05) is 19.3 Å². The minimum Gasteiger partial charge on any atom is -0.320 e. The van der Waals surface area contributed by atoms with Crippen LogP contribution in [-0.2, 0) is 16.5 Å². The van der Waals surface area contributed by atoms with Crippen LogP contribution >= 0.6 is 11.3 Å². The van der Waals surface area contributed by atoms with Gasteiger partial charge in [0.25, 0.3) is 16.0 Å². The number of thiophene rings is 1. The van der Waals surface area contributed by atoms with Crippen LogP contribution in [0.1, 0.15) is 59.2 Å². The molecule has 1 amide bonds. The van der Waals surface area contributed by atoms with Crippen molar-refractivity contribution in [1.29, 1.82) is 0 Å². The molecule has 0 radical (unpaired) electrons. The van der Waals surface area contributed by atoms with Crippen molar-refractivity contribution in [3.63, 3.8) is 0 Å². The highest BCUT2D eigenvalue weighted by molar-refractivity contribution is 7.85. The minimum absolute atomic E-state index is 0.111. The standard InChI is InChI=1S/C20H24N4O4S2/c1-13-17-11-18(29-20(17)24(23-13)16-5-3-2-4-6-16)19(25)22-15-8-7-14(21-12-15)9-10-30(26,27)28/h7-8,11-12,16H,2-6,9-10H2,1H3,(H,22,25)(H,26,27,28). The van der Waals surface area contributed by atoms with Gasteiger partial charge in [-0.3, -0.25) is 19.0 Å². The zero-order chi connectivity index (χ0) is 21.3. The molecule has 4 rings (SSSR count). The maximum atomic E-state index is 12.8. The Bertz CT molecular complexity index is 1160. The Morgan fingerprint density at radius 1 is 1.30 bits per heavy atom. The number of pyridine rings is 1. The van der Waals surface area contributed by atoms with Gasteiger partial charge in [0.2, 0.25) is 0 Å². The Labute approximate surface area is 179 Å². The van der Waals surface area contributed by atoms with E-state index in [2.05, 4.69) is 15.0 Å². The summed E-state index contributed by atoms with van der Waals surface area (Å²) in [6, 6.07) is 5.61. The summed E-state index contributed by atoms with van der Waals surface area (Å²) in [6.45, 7) is 1.98. The van der Waals surface area contributed by atoms with E-state index in [-0.39, 0.29) is 18.1 Å². The van der Waals surface area contributed by atoms with Crippen molar-refractivity contribution in [2.45, 2.75) is 51.5 Å². The third-order valence-electron chi connectivity index (χ3n) is 5.41. The lowest BCUT2D eigenvalue weighted by molar-refractivity contribution is 0.103. The van der Waals surface area contributed by atoms with Crippen LogP contribution in [0.5, 0.6) is 0 Å². The number of amides is 1. The maximum Gasteiger partial charge on any atom is 0.265 e. The van der Waals surface area contributed by atoms with Gasteiger partial charge in [0.1, 0.15) is 4.83 Å². The van der Waals surface area contributed by atoms with Gasteiger partial charge in [0, 0.05) is 17.5 Å². The third kappa shape index (κ3) is 4.71. The second kappa shape index (κ2) is 8.44. The summed E-state index contributed by atoms with van der Waals surface area (Å²) in [5, 5.41) is 8.59. The summed E-state index contributed by atoms with van der Waals surface area (Å²) in [5.41, 5.74) is 1.99. The number of rotatable bonds is 6. The first kappa shape index (κ1) is 21.0. The number of aryl methyl sites for hydroxylation is 2. The molecule has 10 heteroatoms. The average Bonchev–Trinajstić information content (AvgIpc) is 3.28. The predicted molar refractivity (Wildman–Crippen MR) is 117 cm³/mol. The number of fused-ring (bicyclic) bond motifs is 1. The monoisotopic (exact) mass is 448 g/mol. The second-order valence-corrected chi connectivity index (χ2v) is 10.3. The fourth-order valence-electron chi connectivity index (χ4n) is 3.83. The van der Waals surface area contributed by atoms with Crippen molar-refractivity contribution in [1.82, 2.24) is 14.8 Å². The predicted octanol–water partition coefficient (Wildman–Crippen LogP) is 3.99. The summed E-state index contributed by atoms with van der Waals surface area (Å²) in [5.74, 6) is -0.594. The van der Waals surface area contributed by atoms with Gasteiger partial charge in [-0.25, -0.2) is 0 Å². The second-order valence-electron chi connectivity index (χ2n) is 7.68. The van der Waals surface area contributed by atoms with E-state index in [1.165, 1.54) is 36.8 Å². The van der Waals surface area contributed by atoms with E-state index in [1.54, 1.807) is 12.1 Å². The maximum absolute atomic E-state index is 12.8. The molecule has 1 aliphatic rings. The molecule has 0 aromatic carbocycles. The number of carbonyl (C=O) groups excluding carboxylic acids is 1. The molecule has 0 atom stereocenters. The molecule has 1 aliphatic carbocycles. The molecule has 30 heavy (non-hydrogen) atoms. The smallest absolute Gasteiger partial charge is 0.265 e. The molecule has 160 valence electrons. The molecule has 0 aliphatic heterocycles. The molecule has 0 bridgehead atoms. The van der Waals surface area contributed by atoms with Crippen LogP contribution in [0.2, 0.25) is 0 Å². The molecule has 1 fully saturated rings. The van der Waals surface area contributed by atoms with Gasteiger partial charge in [-0.15, -0.1) is 11.3 Å². The molecular weight excluding hydrogens is 424 g/mol. The van der Waals surface area contributed by atoms with Gasteiger partial charge >= 0.3 is 0 Å². The fraction of sp³-hybridized carbons (Fsp3) is 0.450. The molecule has 0 spiro atoms. The Morgan fingerprint density at radius 2 is 2.07 bits per heavy atom. The fourth-order valence-corrected chi connectivity index (χ4v) is 5.43. The Hall–Kier alpha value is -2.30. The van der Waals surface area contributed by atoms with E-state index < -0.39 is 10.1 Å². The minimum atomic E-state index is -4.03. The quantitative estimate of drug-likeness (QED) is 0.551. The highest BCUT2D eigenvalue weighted by atomic mass is 32.2. The zero-order valence-corrected chi connectivity index (χ0v) is 18.3. The van der Waals surface area contributed by atoms with Gasteiger partial charge in [-0.2, -0.15) is 13.5 Å². The van der Waals surface area contributed by atoms with E-state index in [9.17, 15) is 13.2 Å². The molecule has 0 saturated heterocycles. The zero-order valence-electron chi connectivity index (χ0n) is 16.7. The van der Waals surface area contributed by atoms with Crippen LogP contribution in [0.3, 0.4) is 0 Å². The lowest BCUT2D eigenvalue weighted by Gasteiger charge is -2.22. The van der Waals surface area contributed by atoms with Gasteiger partial charge < -0.3 is 5.32 Å². The van der Waals surface area contributed by atoms with Crippen molar-refractivity contribution >= 4 is 43.3 Å². The van der Waals surface area contributed by atoms with Crippen LogP contribution in [0.15, 0.2) is 24.4 Å². The number of nitrogens with zero attached hydrogens (tertiary/aromatic N) is 3. The van der Waals surface area contributed by atoms with Crippen LogP contribution in [0.4, 0.5) is 5.69 Å². The molecular formula is C20H24N4O4S2. The van der Waals surface area contributed by atoms with Crippen molar-refractivity contribution in [3.05, 3.63) is 40.7 Å². The first-order valence-electron chi connectivity index (χ1n) is 10.0. The molecule has 3 aromatic heterocycles. The van der Waals surface area contributed by atoms with Crippen molar-refractivity contribution in [2.75, 3.05) is 11.1 Å². The molecule has 3 aromatic rings. The Morgan fingerprint density at radius 3 is 2.73 bits per heavy atom. The summed E-state index contributed by atoms with van der Waals surface area (Å²) in [7, 11) is -4.03. The Kier molecular flexibility index (Phi) is 5.90. The van der Waals surface area contributed by atoms with E-state index in [1.807, 2.05) is 13.0 Å². The highest BCUT2D eigenvalue weighted by Gasteiger charge is 2.22. The number of aromatic nitrogens is 3. The van der Waals surface area contributed by atoms with E-state index >= 15 is 0 Å². The number of nitrogens with one attached hydrogen (secondary N) is 1. The Balaban J connectivity index is 1.48. The van der Waals surface area contributed by atoms with Gasteiger partial charge in [0.15, 0.2) is 0 Å². The SMILES string of the molecule is Cc1nn(C2CCCCC2)c2sc(C(=O)Nc3ccc(CCS(=O)(=O)O)nc3)cc12. The number of carbonyl (C=O) groups is 1. The lowest BCUT2D eigenvalue weighted by atomic mass is 9.96. The van der Waals surface area contributed by atoms with Crippen LogP contribution < -0.4 is 5.32 Å². The highest BCUT2D eigenvalue weighted by Crippen LogP contribution is 2.35.